The van der Waals surface area contributed by atoms with Crippen molar-refractivity contribution in [2.75, 3.05) is 6.67 Å². The number of hydrogen-bond donors (Lipinski definition) is 1. The second-order valence-electron chi connectivity index (χ2n) is 5.21. The number of halogens is 1. The quantitative estimate of drug-likeness (QED) is 0.880. The SMILES string of the molecule is Cn1c2c(c3cnccc31)C=CC(C(/C=C\CF)=C/N)C2. The standard InChI is InChI=1S/C17H18FN3/c1-21-16-6-8-20-11-15(16)14-5-4-12(9-17(14)21)13(10-19)3-2-7-18/h2-6,8,10-12H,7,9,19H2,1H3/b3-2-,13-10+. The Bertz CT molecular complexity index is 753. The maximum absolute atomic E-state index is 12.3. The Balaban J connectivity index is 2.02. The van der Waals surface area contributed by atoms with Crippen LogP contribution in [0.3, 0.4) is 0 Å². The molecule has 0 radical (unpaired) electrons. The highest BCUT2D eigenvalue weighted by atomic mass is 19.1. The summed E-state index contributed by atoms with van der Waals surface area (Å²) >= 11 is 0. The van der Waals surface area contributed by atoms with Crippen LogP contribution in [0.1, 0.15) is 11.3 Å². The van der Waals surface area contributed by atoms with Crippen LogP contribution in [0.15, 0.2) is 48.5 Å². The molecule has 2 N–H and O–H groups in total. The molecule has 3 nitrogen and oxygen atoms in total. The van der Waals surface area contributed by atoms with E-state index in [1.54, 1.807) is 12.3 Å². The number of alkyl halides is 1. The van der Waals surface area contributed by atoms with Crippen LogP contribution in [0.2, 0.25) is 0 Å². The zero-order chi connectivity index (χ0) is 14.8. The van der Waals surface area contributed by atoms with Gasteiger partial charge in [0.2, 0.25) is 0 Å². The van der Waals surface area contributed by atoms with Crippen molar-refractivity contribution in [2.45, 2.75) is 6.42 Å². The maximum Gasteiger partial charge on any atom is 0.108 e. The van der Waals surface area contributed by atoms with Gasteiger partial charge in [-0.05, 0) is 24.3 Å². The van der Waals surface area contributed by atoms with Crippen molar-refractivity contribution in [3.63, 3.8) is 0 Å². The fourth-order valence-corrected chi connectivity index (χ4v) is 3.00. The van der Waals surface area contributed by atoms with E-state index in [1.165, 1.54) is 28.2 Å². The number of fused-ring (bicyclic) bond motifs is 3. The second kappa shape index (κ2) is 5.56. The largest absolute Gasteiger partial charge is 0.404 e. The van der Waals surface area contributed by atoms with Gasteiger partial charge in [0.05, 0.1) is 5.52 Å². The molecule has 4 heteroatoms. The van der Waals surface area contributed by atoms with Gasteiger partial charge in [-0.2, -0.15) is 0 Å². The summed E-state index contributed by atoms with van der Waals surface area (Å²) in [6.45, 7) is -0.473. The third-order valence-electron chi connectivity index (χ3n) is 4.09. The van der Waals surface area contributed by atoms with Crippen LogP contribution >= 0.6 is 0 Å². The van der Waals surface area contributed by atoms with Crippen molar-refractivity contribution in [1.29, 1.82) is 0 Å². The number of allylic oxidation sites excluding steroid dienone is 4. The predicted molar refractivity (Wildman–Crippen MR) is 84.3 cm³/mol. The fourth-order valence-electron chi connectivity index (χ4n) is 3.00. The second-order valence-corrected chi connectivity index (χ2v) is 5.21. The minimum absolute atomic E-state index is 0.182. The lowest BCUT2D eigenvalue weighted by molar-refractivity contribution is 0.561. The van der Waals surface area contributed by atoms with Crippen molar-refractivity contribution >= 4 is 17.0 Å². The van der Waals surface area contributed by atoms with E-state index in [1.807, 2.05) is 18.5 Å². The average Bonchev–Trinajstić information content (AvgIpc) is 2.82. The summed E-state index contributed by atoms with van der Waals surface area (Å²) in [5.41, 5.74) is 10.3. The summed E-state index contributed by atoms with van der Waals surface area (Å²) < 4.78 is 14.5. The van der Waals surface area contributed by atoms with E-state index >= 15 is 0 Å². The molecule has 2 heterocycles. The highest BCUT2D eigenvalue weighted by molar-refractivity contribution is 5.91. The third-order valence-corrected chi connectivity index (χ3v) is 4.09. The molecule has 2 aromatic heterocycles. The summed E-state index contributed by atoms with van der Waals surface area (Å²) in [7, 11) is 2.07. The Labute approximate surface area is 123 Å². The van der Waals surface area contributed by atoms with E-state index in [0.717, 1.165) is 12.0 Å². The number of hydrogen-bond acceptors (Lipinski definition) is 2. The Morgan fingerprint density at radius 2 is 2.43 bits per heavy atom. The molecule has 1 aliphatic carbocycles. The van der Waals surface area contributed by atoms with Gasteiger partial charge in [-0.15, -0.1) is 0 Å². The van der Waals surface area contributed by atoms with Crippen LogP contribution in [0.5, 0.6) is 0 Å². The van der Waals surface area contributed by atoms with Crippen molar-refractivity contribution in [3.8, 4) is 0 Å². The minimum atomic E-state index is -0.473. The van der Waals surface area contributed by atoms with Gasteiger partial charge in [-0.1, -0.05) is 24.3 Å². The molecule has 0 fully saturated rings. The molecule has 0 saturated heterocycles. The number of aromatic nitrogens is 2. The van der Waals surface area contributed by atoms with E-state index in [9.17, 15) is 4.39 Å². The average molecular weight is 283 g/mol. The molecule has 0 aromatic carbocycles. The van der Waals surface area contributed by atoms with Crippen LogP contribution in [0, 0.1) is 5.92 Å². The van der Waals surface area contributed by atoms with Gasteiger partial charge in [0.1, 0.15) is 6.67 Å². The van der Waals surface area contributed by atoms with Gasteiger partial charge in [-0.3, -0.25) is 4.98 Å². The molecule has 1 atom stereocenters. The highest BCUT2D eigenvalue weighted by Crippen LogP contribution is 2.34. The Kier molecular flexibility index (Phi) is 3.60. The maximum atomic E-state index is 12.3. The molecule has 0 amide bonds. The van der Waals surface area contributed by atoms with E-state index in [4.69, 9.17) is 5.73 Å². The number of aryl methyl sites for hydroxylation is 1. The minimum Gasteiger partial charge on any atom is -0.404 e. The third kappa shape index (κ3) is 2.27. The molecular formula is C17H18FN3. The number of rotatable bonds is 3. The van der Waals surface area contributed by atoms with E-state index in [0.29, 0.717) is 0 Å². The lowest BCUT2D eigenvalue weighted by Gasteiger charge is -2.19. The van der Waals surface area contributed by atoms with Crippen LogP contribution in [0.4, 0.5) is 4.39 Å². The van der Waals surface area contributed by atoms with Crippen LogP contribution in [-0.2, 0) is 13.5 Å². The lowest BCUT2D eigenvalue weighted by Crippen LogP contribution is -2.12. The molecule has 2 aromatic rings. The first-order valence-electron chi connectivity index (χ1n) is 7.00. The topological polar surface area (TPSA) is 43.8 Å². The zero-order valence-electron chi connectivity index (χ0n) is 12.0. The van der Waals surface area contributed by atoms with Gasteiger partial charge in [0, 0.05) is 42.0 Å². The van der Waals surface area contributed by atoms with Crippen LogP contribution in [-0.4, -0.2) is 16.2 Å². The molecule has 21 heavy (non-hydrogen) atoms. The molecule has 1 unspecified atom stereocenters. The van der Waals surface area contributed by atoms with Gasteiger partial charge >= 0.3 is 0 Å². The fraction of sp³-hybridized carbons (Fsp3) is 0.235. The molecule has 0 aliphatic heterocycles. The van der Waals surface area contributed by atoms with Gasteiger partial charge < -0.3 is 10.3 Å². The predicted octanol–water partition coefficient (Wildman–Crippen LogP) is 3.13. The van der Waals surface area contributed by atoms with Crippen LogP contribution in [0.25, 0.3) is 17.0 Å². The Morgan fingerprint density at radius 1 is 1.57 bits per heavy atom. The normalized spacial score (nSPS) is 18.6. The molecule has 108 valence electrons. The molecular weight excluding hydrogens is 265 g/mol. The first-order chi connectivity index (χ1) is 10.3. The van der Waals surface area contributed by atoms with Crippen molar-refractivity contribution in [2.24, 2.45) is 18.7 Å². The molecule has 1 aliphatic rings. The molecule has 0 saturated carbocycles. The molecule has 3 rings (SSSR count). The first-order valence-corrected chi connectivity index (χ1v) is 7.00. The van der Waals surface area contributed by atoms with Gasteiger partial charge in [0.25, 0.3) is 0 Å². The highest BCUT2D eigenvalue weighted by Gasteiger charge is 2.21. The summed E-state index contributed by atoms with van der Waals surface area (Å²) in [6, 6.07) is 2.03. The first kappa shape index (κ1) is 13.6. The molecule has 0 bridgehead atoms. The molecule has 0 spiro atoms. The van der Waals surface area contributed by atoms with E-state index < -0.39 is 6.67 Å². The van der Waals surface area contributed by atoms with E-state index in [-0.39, 0.29) is 5.92 Å². The summed E-state index contributed by atoms with van der Waals surface area (Å²) in [5.74, 6) is 0.182. The number of nitrogens with zero attached hydrogens (tertiary/aromatic N) is 2. The lowest BCUT2D eigenvalue weighted by atomic mass is 9.88. The van der Waals surface area contributed by atoms with Gasteiger partial charge in [-0.25, -0.2) is 4.39 Å². The summed E-state index contributed by atoms with van der Waals surface area (Å²) in [4.78, 5) is 4.21. The summed E-state index contributed by atoms with van der Waals surface area (Å²) in [6.07, 6.45) is 13.7. The smallest absolute Gasteiger partial charge is 0.108 e. The van der Waals surface area contributed by atoms with Crippen molar-refractivity contribution < 1.29 is 4.39 Å². The monoisotopic (exact) mass is 283 g/mol. The van der Waals surface area contributed by atoms with Gasteiger partial charge in [0.15, 0.2) is 0 Å². The number of nitrogens with two attached hydrogens (primary N) is 1. The van der Waals surface area contributed by atoms with Crippen LogP contribution < -0.4 is 5.73 Å². The van der Waals surface area contributed by atoms with Crippen molar-refractivity contribution in [3.05, 3.63) is 59.7 Å². The van der Waals surface area contributed by atoms with E-state index in [2.05, 4.69) is 28.8 Å². The number of pyridine rings is 1. The Hall–Kier alpha value is -2.36. The Morgan fingerprint density at radius 3 is 3.19 bits per heavy atom. The summed E-state index contributed by atoms with van der Waals surface area (Å²) in [5, 5.41) is 1.17. The zero-order valence-corrected chi connectivity index (χ0v) is 12.0. The van der Waals surface area contributed by atoms with Crippen molar-refractivity contribution in [1.82, 2.24) is 9.55 Å².